The van der Waals surface area contributed by atoms with Crippen molar-refractivity contribution >= 4 is 28.1 Å². The second-order valence-corrected chi connectivity index (χ2v) is 8.84. The molecule has 0 aliphatic carbocycles. The predicted octanol–water partition coefficient (Wildman–Crippen LogP) is 7.36. The van der Waals surface area contributed by atoms with Crippen molar-refractivity contribution in [1.82, 2.24) is 9.55 Å². The van der Waals surface area contributed by atoms with Gasteiger partial charge in [-0.2, -0.15) is 0 Å². The fourth-order valence-electron chi connectivity index (χ4n) is 4.99. The lowest BCUT2D eigenvalue weighted by atomic mass is 9.95. The zero-order valence-corrected chi connectivity index (χ0v) is 19.1. The molecule has 0 atom stereocenters. The van der Waals surface area contributed by atoms with Gasteiger partial charge < -0.3 is 9.88 Å². The van der Waals surface area contributed by atoms with Gasteiger partial charge in [-0.1, -0.05) is 78.9 Å². The molecule has 0 saturated carbocycles. The normalized spacial score (nSPS) is 12.9. The van der Waals surface area contributed by atoms with Crippen LogP contribution in [0.4, 0.5) is 17.1 Å². The smallest absolute Gasteiger partial charge is 0.294 e. The summed E-state index contributed by atoms with van der Waals surface area (Å²) in [6, 6.07) is 29.8. The zero-order valence-electron chi connectivity index (χ0n) is 19.1. The molecule has 0 radical (unpaired) electrons. The Hall–Kier alpha value is -4.45. The molecule has 2 heterocycles. The van der Waals surface area contributed by atoms with Crippen molar-refractivity contribution in [2.24, 2.45) is 0 Å². The van der Waals surface area contributed by atoms with Gasteiger partial charge in [0.15, 0.2) is 0 Å². The molecule has 1 N–H and O–H groups in total. The highest BCUT2D eigenvalue weighted by atomic mass is 16.6. The summed E-state index contributed by atoms with van der Waals surface area (Å²) >= 11 is 0. The molecular formula is C29H24N4O2. The third-order valence-electron chi connectivity index (χ3n) is 6.67. The van der Waals surface area contributed by atoms with E-state index in [0.29, 0.717) is 11.2 Å². The summed E-state index contributed by atoms with van der Waals surface area (Å²) in [5.41, 5.74) is 6.99. The van der Waals surface area contributed by atoms with E-state index in [2.05, 4.69) is 46.3 Å². The third-order valence-corrected chi connectivity index (χ3v) is 6.67. The van der Waals surface area contributed by atoms with Crippen LogP contribution in [-0.2, 0) is 13.0 Å². The molecule has 0 amide bonds. The number of nitro groups is 1. The fourth-order valence-corrected chi connectivity index (χ4v) is 4.99. The van der Waals surface area contributed by atoms with Crippen molar-refractivity contribution in [1.29, 1.82) is 0 Å². The Balaban J connectivity index is 1.57. The SMILES string of the molecule is O=[N+]([O-])c1cc2nc3n(c2cc1Nc1c(-c2ccccc2)cccc1-c1ccccc1)CCCC3. The van der Waals surface area contributed by atoms with E-state index >= 15 is 0 Å². The lowest BCUT2D eigenvalue weighted by molar-refractivity contribution is -0.383. The van der Waals surface area contributed by atoms with Crippen LogP contribution in [-0.4, -0.2) is 14.5 Å². The number of para-hydroxylation sites is 1. The van der Waals surface area contributed by atoms with Gasteiger partial charge in [0.1, 0.15) is 11.5 Å². The first-order chi connectivity index (χ1) is 17.2. The minimum Gasteiger partial charge on any atom is -0.349 e. The van der Waals surface area contributed by atoms with Crippen LogP contribution in [0.15, 0.2) is 91.0 Å². The zero-order chi connectivity index (χ0) is 23.8. The molecule has 1 aliphatic rings. The first-order valence-electron chi connectivity index (χ1n) is 11.9. The summed E-state index contributed by atoms with van der Waals surface area (Å²) in [6.07, 6.45) is 3.09. The Bertz CT molecular complexity index is 1480. The minimum absolute atomic E-state index is 0.0230. The van der Waals surface area contributed by atoms with Crippen LogP contribution >= 0.6 is 0 Å². The van der Waals surface area contributed by atoms with Gasteiger partial charge in [-0.3, -0.25) is 10.1 Å². The number of fused-ring (bicyclic) bond motifs is 3. The van der Waals surface area contributed by atoms with Crippen LogP contribution in [0.2, 0.25) is 0 Å². The van der Waals surface area contributed by atoms with E-state index in [0.717, 1.165) is 65.1 Å². The van der Waals surface area contributed by atoms with Crippen molar-refractivity contribution < 1.29 is 4.92 Å². The number of imidazole rings is 1. The van der Waals surface area contributed by atoms with Crippen LogP contribution in [0, 0.1) is 10.1 Å². The van der Waals surface area contributed by atoms with Crippen molar-refractivity contribution in [2.45, 2.75) is 25.8 Å². The van der Waals surface area contributed by atoms with Crippen LogP contribution in [0.25, 0.3) is 33.3 Å². The lowest BCUT2D eigenvalue weighted by Gasteiger charge is -2.18. The number of aromatic nitrogens is 2. The molecule has 172 valence electrons. The Kier molecular flexibility index (Phi) is 5.26. The fraction of sp³-hybridized carbons (Fsp3) is 0.138. The molecule has 0 unspecified atom stereocenters. The van der Waals surface area contributed by atoms with Crippen LogP contribution < -0.4 is 5.32 Å². The number of nitro benzene ring substituents is 1. The van der Waals surface area contributed by atoms with E-state index in [1.807, 2.05) is 48.5 Å². The van der Waals surface area contributed by atoms with Crippen molar-refractivity contribution in [3.8, 4) is 22.3 Å². The molecule has 0 spiro atoms. The number of hydrogen-bond donors (Lipinski definition) is 1. The number of nitrogens with one attached hydrogen (secondary N) is 1. The van der Waals surface area contributed by atoms with Gasteiger partial charge in [-0.05, 0) is 30.0 Å². The molecule has 6 rings (SSSR count). The van der Waals surface area contributed by atoms with Crippen molar-refractivity contribution in [3.05, 3.63) is 107 Å². The Labute approximate surface area is 203 Å². The first-order valence-corrected chi connectivity index (χ1v) is 11.9. The summed E-state index contributed by atoms with van der Waals surface area (Å²) in [5.74, 6) is 1.01. The lowest BCUT2D eigenvalue weighted by Crippen LogP contribution is -2.10. The number of nitrogens with zero attached hydrogens (tertiary/aromatic N) is 3. The number of aryl methyl sites for hydroxylation is 2. The molecule has 6 nitrogen and oxygen atoms in total. The molecule has 0 saturated heterocycles. The van der Waals surface area contributed by atoms with Gasteiger partial charge in [-0.25, -0.2) is 4.98 Å². The topological polar surface area (TPSA) is 73.0 Å². The highest BCUT2D eigenvalue weighted by molar-refractivity contribution is 5.96. The summed E-state index contributed by atoms with van der Waals surface area (Å²) in [6.45, 7) is 0.888. The largest absolute Gasteiger partial charge is 0.349 e. The van der Waals surface area contributed by atoms with Crippen LogP contribution in [0.3, 0.4) is 0 Å². The van der Waals surface area contributed by atoms with E-state index in [-0.39, 0.29) is 10.6 Å². The van der Waals surface area contributed by atoms with Gasteiger partial charge in [0, 0.05) is 30.2 Å². The van der Waals surface area contributed by atoms with Crippen LogP contribution in [0.5, 0.6) is 0 Å². The molecule has 35 heavy (non-hydrogen) atoms. The number of hydrogen-bond acceptors (Lipinski definition) is 4. The van der Waals surface area contributed by atoms with E-state index in [4.69, 9.17) is 4.98 Å². The second-order valence-electron chi connectivity index (χ2n) is 8.84. The molecule has 0 fully saturated rings. The second kappa shape index (κ2) is 8.72. The summed E-state index contributed by atoms with van der Waals surface area (Å²) in [5, 5.41) is 15.6. The highest BCUT2D eigenvalue weighted by Gasteiger charge is 2.23. The number of anilines is 2. The molecule has 1 aromatic heterocycles. The van der Waals surface area contributed by atoms with Gasteiger partial charge in [-0.15, -0.1) is 0 Å². The number of benzene rings is 4. The average Bonchev–Trinajstić information content (AvgIpc) is 3.27. The maximum Gasteiger partial charge on any atom is 0.294 e. The van der Waals surface area contributed by atoms with Crippen LogP contribution in [0.1, 0.15) is 18.7 Å². The summed E-state index contributed by atoms with van der Waals surface area (Å²) in [4.78, 5) is 16.5. The van der Waals surface area contributed by atoms with E-state index in [1.54, 1.807) is 6.07 Å². The van der Waals surface area contributed by atoms with Crippen molar-refractivity contribution in [3.63, 3.8) is 0 Å². The van der Waals surface area contributed by atoms with E-state index < -0.39 is 0 Å². The molecule has 4 aromatic carbocycles. The summed E-state index contributed by atoms with van der Waals surface area (Å²) in [7, 11) is 0. The van der Waals surface area contributed by atoms with Gasteiger partial charge >= 0.3 is 0 Å². The maximum absolute atomic E-state index is 12.1. The van der Waals surface area contributed by atoms with Gasteiger partial charge in [0.2, 0.25) is 0 Å². The van der Waals surface area contributed by atoms with E-state index in [1.165, 1.54) is 0 Å². The Morgan fingerprint density at radius 2 is 1.49 bits per heavy atom. The molecule has 6 heteroatoms. The molecule has 0 bridgehead atoms. The third kappa shape index (κ3) is 3.83. The van der Waals surface area contributed by atoms with E-state index in [9.17, 15) is 10.1 Å². The summed E-state index contributed by atoms with van der Waals surface area (Å²) < 4.78 is 2.20. The molecular weight excluding hydrogens is 436 g/mol. The van der Waals surface area contributed by atoms with Gasteiger partial charge in [0.05, 0.1) is 21.6 Å². The maximum atomic E-state index is 12.1. The average molecular weight is 461 g/mol. The number of rotatable bonds is 5. The first kappa shape index (κ1) is 21.1. The predicted molar refractivity (Wildman–Crippen MR) is 140 cm³/mol. The van der Waals surface area contributed by atoms with Gasteiger partial charge in [0.25, 0.3) is 5.69 Å². The highest BCUT2D eigenvalue weighted by Crippen LogP contribution is 2.41. The Morgan fingerprint density at radius 3 is 2.11 bits per heavy atom. The molecule has 1 aliphatic heterocycles. The molecule has 5 aromatic rings. The Morgan fingerprint density at radius 1 is 0.829 bits per heavy atom. The monoisotopic (exact) mass is 460 g/mol. The standard InChI is InChI=1S/C29H24N4O2/c34-33(35)27-19-24-26(32-17-8-7-16-28(32)30-24)18-25(27)31-29-22(20-10-3-1-4-11-20)14-9-15-23(29)21-12-5-2-6-13-21/h1-6,9-15,18-19,31H,7-8,16-17H2. The minimum atomic E-state index is -0.326. The van der Waals surface area contributed by atoms with Crippen molar-refractivity contribution in [2.75, 3.05) is 5.32 Å². The quantitative estimate of drug-likeness (QED) is 0.220.